The molecule has 0 heterocycles. The van der Waals surface area contributed by atoms with Crippen LogP contribution < -0.4 is 5.32 Å². The van der Waals surface area contributed by atoms with Gasteiger partial charge in [0, 0.05) is 23.3 Å². The summed E-state index contributed by atoms with van der Waals surface area (Å²) >= 11 is 12.0. The maximum absolute atomic E-state index is 10.8. The van der Waals surface area contributed by atoms with Gasteiger partial charge >= 0.3 is 0 Å². The Morgan fingerprint density at radius 1 is 1.20 bits per heavy atom. The van der Waals surface area contributed by atoms with E-state index in [9.17, 15) is 10.1 Å². The van der Waals surface area contributed by atoms with E-state index in [4.69, 9.17) is 23.2 Å². The quantitative estimate of drug-likeness (QED) is 0.650. The first-order valence-electron chi connectivity index (χ1n) is 5.91. The van der Waals surface area contributed by atoms with Crippen molar-refractivity contribution in [2.75, 3.05) is 5.32 Å². The Hall–Kier alpha value is -1.78. The van der Waals surface area contributed by atoms with Crippen molar-refractivity contribution >= 4 is 34.6 Å². The van der Waals surface area contributed by atoms with E-state index >= 15 is 0 Å². The van der Waals surface area contributed by atoms with Gasteiger partial charge in [0.1, 0.15) is 5.02 Å². The lowest BCUT2D eigenvalue weighted by Crippen LogP contribution is -2.02. The van der Waals surface area contributed by atoms with Crippen molar-refractivity contribution in [1.29, 1.82) is 0 Å². The number of benzene rings is 2. The maximum Gasteiger partial charge on any atom is 0.288 e. The SMILES string of the molecule is Cc1cc([N+](=O)[O-])c(Cl)cc1NCc1ccccc1Cl. The van der Waals surface area contributed by atoms with Crippen molar-refractivity contribution < 1.29 is 4.92 Å². The third kappa shape index (κ3) is 3.21. The topological polar surface area (TPSA) is 55.2 Å². The fourth-order valence-electron chi connectivity index (χ4n) is 1.83. The van der Waals surface area contributed by atoms with Crippen molar-refractivity contribution in [3.8, 4) is 0 Å². The van der Waals surface area contributed by atoms with Crippen LogP contribution in [0.2, 0.25) is 10.0 Å². The molecule has 0 aliphatic rings. The Labute approximate surface area is 126 Å². The molecule has 0 fully saturated rings. The Kier molecular flexibility index (Phi) is 4.47. The number of halogens is 2. The summed E-state index contributed by atoms with van der Waals surface area (Å²) < 4.78 is 0. The maximum atomic E-state index is 10.8. The van der Waals surface area contributed by atoms with Crippen LogP contribution in [0.15, 0.2) is 36.4 Å². The van der Waals surface area contributed by atoms with Crippen LogP contribution in [-0.4, -0.2) is 4.92 Å². The highest BCUT2D eigenvalue weighted by Crippen LogP contribution is 2.31. The lowest BCUT2D eigenvalue weighted by molar-refractivity contribution is -0.384. The molecule has 0 radical (unpaired) electrons. The molecular formula is C14H12Cl2N2O2. The number of anilines is 1. The predicted molar refractivity (Wildman–Crippen MR) is 81.6 cm³/mol. The van der Waals surface area contributed by atoms with E-state index in [-0.39, 0.29) is 10.7 Å². The third-order valence-corrected chi connectivity index (χ3v) is 3.59. The minimum atomic E-state index is -0.493. The van der Waals surface area contributed by atoms with Gasteiger partial charge in [0.2, 0.25) is 0 Å². The van der Waals surface area contributed by atoms with Gasteiger partial charge in [-0.15, -0.1) is 0 Å². The summed E-state index contributed by atoms with van der Waals surface area (Å²) in [7, 11) is 0. The van der Waals surface area contributed by atoms with Crippen molar-refractivity contribution in [1.82, 2.24) is 0 Å². The standard InChI is InChI=1S/C14H12Cl2N2O2/c1-9-6-14(18(19)20)12(16)7-13(9)17-8-10-4-2-3-5-11(10)15/h2-7,17H,8H2,1H3. The van der Waals surface area contributed by atoms with Crippen LogP contribution in [0, 0.1) is 17.0 Å². The highest BCUT2D eigenvalue weighted by molar-refractivity contribution is 6.33. The molecule has 2 rings (SSSR count). The number of rotatable bonds is 4. The van der Waals surface area contributed by atoms with Crippen LogP contribution in [0.1, 0.15) is 11.1 Å². The average molecular weight is 311 g/mol. The molecule has 20 heavy (non-hydrogen) atoms. The first-order chi connectivity index (χ1) is 9.49. The normalized spacial score (nSPS) is 10.3. The fraction of sp³-hybridized carbons (Fsp3) is 0.143. The summed E-state index contributed by atoms with van der Waals surface area (Å²) in [5.41, 5.74) is 2.36. The summed E-state index contributed by atoms with van der Waals surface area (Å²) in [6.45, 7) is 2.31. The highest BCUT2D eigenvalue weighted by atomic mass is 35.5. The molecule has 0 spiro atoms. The lowest BCUT2D eigenvalue weighted by atomic mass is 10.1. The van der Waals surface area contributed by atoms with Crippen molar-refractivity contribution in [2.45, 2.75) is 13.5 Å². The number of nitrogens with zero attached hydrogens (tertiary/aromatic N) is 1. The number of hydrogen-bond donors (Lipinski definition) is 1. The van der Waals surface area contributed by atoms with Crippen LogP contribution in [0.4, 0.5) is 11.4 Å². The molecule has 4 nitrogen and oxygen atoms in total. The second-order valence-electron chi connectivity index (χ2n) is 4.32. The molecule has 0 amide bonds. The molecule has 0 aliphatic heterocycles. The summed E-state index contributed by atoms with van der Waals surface area (Å²) in [6, 6.07) is 10.5. The van der Waals surface area contributed by atoms with Gasteiger partial charge in [-0.3, -0.25) is 10.1 Å². The van der Waals surface area contributed by atoms with Crippen LogP contribution in [-0.2, 0) is 6.54 Å². The van der Waals surface area contributed by atoms with Gasteiger partial charge in [-0.05, 0) is 30.2 Å². The molecule has 6 heteroatoms. The zero-order valence-electron chi connectivity index (χ0n) is 10.7. The van der Waals surface area contributed by atoms with Crippen LogP contribution >= 0.6 is 23.2 Å². The number of nitro benzene ring substituents is 1. The van der Waals surface area contributed by atoms with Crippen molar-refractivity contribution in [3.63, 3.8) is 0 Å². The largest absolute Gasteiger partial charge is 0.381 e. The first-order valence-corrected chi connectivity index (χ1v) is 6.66. The number of aryl methyl sites for hydroxylation is 1. The number of hydrogen-bond acceptors (Lipinski definition) is 3. The smallest absolute Gasteiger partial charge is 0.288 e. The second-order valence-corrected chi connectivity index (χ2v) is 5.14. The van der Waals surface area contributed by atoms with Crippen molar-refractivity contribution in [3.05, 3.63) is 67.7 Å². The molecule has 0 unspecified atom stereocenters. The molecule has 0 saturated carbocycles. The predicted octanol–water partition coefficient (Wildman–Crippen LogP) is 4.82. The third-order valence-electron chi connectivity index (χ3n) is 2.92. The molecule has 1 N–H and O–H groups in total. The van der Waals surface area contributed by atoms with E-state index in [0.717, 1.165) is 16.8 Å². The minimum absolute atomic E-state index is 0.0903. The Bertz CT molecular complexity index is 660. The van der Waals surface area contributed by atoms with Crippen LogP contribution in [0.3, 0.4) is 0 Å². The van der Waals surface area contributed by atoms with Gasteiger partial charge in [-0.1, -0.05) is 41.4 Å². The van der Waals surface area contributed by atoms with E-state index in [1.165, 1.54) is 6.07 Å². The van der Waals surface area contributed by atoms with E-state index in [2.05, 4.69) is 5.32 Å². The van der Waals surface area contributed by atoms with Gasteiger partial charge < -0.3 is 5.32 Å². The lowest BCUT2D eigenvalue weighted by Gasteiger charge is -2.11. The molecule has 2 aromatic rings. The highest BCUT2D eigenvalue weighted by Gasteiger charge is 2.14. The van der Waals surface area contributed by atoms with Gasteiger partial charge in [-0.25, -0.2) is 0 Å². The number of nitrogens with one attached hydrogen (secondary N) is 1. The molecule has 0 aliphatic carbocycles. The second kappa shape index (κ2) is 6.11. The Morgan fingerprint density at radius 2 is 1.90 bits per heavy atom. The molecule has 0 bridgehead atoms. The van der Waals surface area contributed by atoms with E-state index in [1.807, 2.05) is 24.3 Å². The minimum Gasteiger partial charge on any atom is -0.381 e. The summed E-state index contributed by atoms with van der Waals surface area (Å²) in [5.74, 6) is 0. The molecule has 0 saturated heterocycles. The molecular weight excluding hydrogens is 299 g/mol. The van der Waals surface area contributed by atoms with Crippen LogP contribution in [0.25, 0.3) is 0 Å². The average Bonchev–Trinajstić information content (AvgIpc) is 2.40. The van der Waals surface area contributed by atoms with Crippen LogP contribution in [0.5, 0.6) is 0 Å². The summed E-state index contributed by atoms with van der Waals surface area (Å²) in [5, 5.41) is 14.8. The zero-order valence-corrected chi connectivity index (χ0v) is 12.2. The molecule has 2 aromatic carbocycles. The van der Waals surface area contributed by atoms with Gasteiger partial charge in [-0.2, -0.15) is 0 Å². The zero-order chi connectivity index (χ0) is 14.7. The summed E-state index contributed by atoms with van der Waals surface area (Å²) in [6.07, 6.45) is 0. The monoisotopic (exact) mass is 310 g/mol. The molecule has 0 aromatic heterocycles. The van der Waals surface area contributed by atoms with Gasteiger partial charge in [0.15, 0.2) is 0 Å². The van der Waals surface area contributed by atoms with E-state index in [0.29, 0.717) is 11.6 Å². The fourth-order valence-corrected chi connectivity index (χ4v) is 2.26. The Balaban J connectivity index is 2.21. The molecule has 0 atom stereocenters. The van der Waals surface area contributed by atoms with E-state index in [1.54, 1.807) is 13.0 Å². The number of nitro groups is 1. The van der Waals surface area contributed by atoms with Crippen molar-refractivity contribution in [2.24, 2.45) is 0 Å². The first kappa shape index (κ1) is 14.6. The van der Waals surface area contributed by atoms with Gasteiger partial charge in [0.05, 0.1) is 4.92 Å². The van der Waals surface area contributed by atoms with Gasteiger partial charge in [0.25, 0.3) is 5.69 Å². The Morgan fingerprint density at radius 3 is 2.55 bits per heavy atom. The molecule has 104 valence electrons. The summed E-state index contributed by atoms with van der Waals surface area (Å²) in [4.78, 5) is 10.3. The van der Waals surface area contributed by atoms with E-state index < -0.39 is 4.92 Å².